The average Bonchev–Trinajstić information content (AvgIpc) is 3.18. The van der Waals surface area contributed by atoms with Crippen LogP contribution < -0.4 is 4.90 Å². The molecular weight excluding hydrogens is 502 g/mol. The van der Waals surface area contributed by atoms with Gasteiger partial charge in [-0.3, -0.25) is 0 Å². The quantitative estimate of drug-likeness (QED) is 0.208. The molecule has 2 aliphatic rings. The maximum absolute atomic E-state index is 6.72. The zero-order valence-corrected chi connectivity index (χ0v) is 20.5. The van der Waals surface area contributed by atoms with Crippen LogP contribution in [-0.2, 0) is 5.41 Å². The number of hydrogen-bond acceptors (Lipinski definition) is 1. The van der Waals surface area contributed by atoms with Crippen molar-refractivity contribution in [2.45, 2.75) is 5.41 Å². The molecule has 1 aliphatic heterocycles. The van der Waals surface area contributed by atoms with Crippen molar-refractivity contribution in [1.29, 1.82) is 0 Å². The first kappa shape index (κ1) is 20.1. The molecule has 0 amide bonds. The van der Waals surface area contributed by atoms with Crippen molar-refractivity contribution < 1.29 is 0 Å². The molecule has 1 nitrogen and oxygen atoms in total. The first-order valence-corrected chi connectivity index (χ1v) is 12.5. The van der Waals surface area contributed by atoms with Crippen LogP contribution in [-0.4, -0.2) is 0 Å². The third-order valence-corrected chi connectivity index (χ3v) is 8.08. The molecule has 5 aromatic rings. The van der Waals surface area contributed by atoms with Gasteiger partial charge in [0.2, 0.25) is 0 Å². The normalized spacial score (nSPS) is 17.2. The summed E-state index contributed by atoms with van der Waals surface area (Å²) in [7, 11) is 0. The Bertz CT molecular complexity index is 1590. The molecule has 0 aromatic heterocycles. The van der Waals surface area contributed by atoms with Gasteiger partial charge in [-0.1, -0.05) is 100 Å². The summed E-state index contributed by atoms with van der Waals surface area (Å²) in [6.07, 6.45) is 0. The topological polar surface area (TPSA) is 3.24 Å². The second kappa shape index (κ2) is 7.33. The maximum atomic E-state index is 6.72. The van der Waals surface area contributed by atoms with Crippen LogP contribution in [0, 0.1) is 0 Å². The minimum Gasteiger partial charge on any atom is -0.310 e. The molecule has 5 aromatic carbocycles. The summed E-state index contributed by atoms with van der Waals surface area (Å²) in [5, 5.41) is 0.742. The van der Waals surface area contributed by atoms with Gasteiger partial charge in [0.05, 0.1) is 16.8 Å². The molecule has 0 fully saturated rings. The molecule has 0 saturated carbocycles. The molecule has 3 heteroatoms. The Hall–Kier alpha value is -3.33. The smallest absolute Gasteiger partial charge is 0.0755 e. The summed E-state index contributed by atoms with van der Waals surface area (Å²) in [5.74, 6) is 0. The molecule has 1 atom stereocenters. The molecule has 1 aliphatic carbocycles. The first-order chi connectivity index (χ1) is 16.7. The van der Waals surface area contributed by atoms with Crippen molar-refractivity contribution in [3.05, 3.63) is 147 Å². The van der Waals surface area contributed by atoms with E-state index >= 15 is 0 Å². The predicted molar refractivity (Wildman–Crippen MR) is 145 cm³/mol. The van der Waals surface area contributed by atoms with E-state index in [1.54, 1.807) is 0 Å². The van der Waals surface area contributed by atoms with Gasteiger partial charge in [0.25, 0.3) is 0 Å². The Labute approximate surface area is 212 Å². The van der Waals surface area contributed by atoms with E-state index in [0.717, 1.165) is 20.9 Å². The molecule has 0 radical (unpaired) electrons. The van der Waals surface area contributed by atoms with Gasteiger partial charge in [-0.25, -0.2) is 0 Å². The largest absolute Gasteiger partial charge is 0.310 e. The van der Waals surface area contributed by atoms with Gasteiger partial charge in [0.1, 0.15) is 0 Å². The highest BCUT2D eigenvalue weighted by atomic mass is 79.9. The molecule has 1 unspecified atom stereocenters. The Balaban J connectivity index is 1.69. The molecule has 0 saturated heterocycles. The van der Waals surface area contributed by atoms with Crippen molar-refractivity contribution >= 4 is 44.6 Å². The second-order valence-electron chi connectivity index (χ2n) is 8.81. The Morgan fingerprint density at radius 2 is 1.26 bits per heavy atom. The van der Waals surface area contributed by atoms with Crippen LogP contribution in [0.1, 0.15) is 22.3 Å². The van der Waals surface area contributed by atoms with Gasteiger partial charge in [-0.05, 0) is 70.3 Å². The molecular formula is C31H19BrClN. The highest BCUT2D eigenvalue weighted by molar-refractivity contribution is 9.10. The van der Waals surface area contributed by atoms with Gasteiger partial charge < -0.3 is 4.90 Å². The average molecular weight is 521 g/mol. The summed E-state index contributed by atoms with van der Waals surface area (Å²) in [6.45, 7) is 0. The Kier molecular flexibility index (Phi) is 4.33. The lowest BCUT2D eigenvalue weighted by Gasteiger charge is -2.45. The predicted octanol–water partition coefficient (Wildman–Crippen LogP) is 9.25. The third-order valence-electron chi connectivity index (χ3n) is 7.18. The second-order valence-corrected chi connectivity index (χ2v) is 10.1. The van der Waals surface area contributed by atoms with E-state index in [2.05, 4.69) is 130 Å². The number of halogens is 2. The summed E-state index contributed by atoms with van der Waals surface area (Å²) in [4.78, 5) is 2.37. The van der Waals surface area contributed by atoms with Crippen LogP contribution in [0.4, 0.5) is 17.1 Å². The van der Waals surface area contributed by atoms with Gasteiger partial charge in [-0.2, -0.15) is 0 Å². The van der Waals surface area contributed by atoms with Crippen molar-refractivity contribution in [3.63, 3.8) is 0 Å². The number of benzene rings is 5. The minimum atomic E-state index is -0.461. The number of para-hydroxylation sites is 2. The highest BCUT2D eigenvalue weighted by Gasteiger charge is 2.52. The minimum absolute atomic E-state index is 0.461. The summed E-state index contributed by atoms with van der Waals surface area (Å²) in [6, 6.07) is 41.1. The molecule has 0 bridgehead atoms. The van der Waals surface area contributed by atoms with Crippen molar-refractivity contribution in [2.75, 3.05) is 4.90 Å². The number of anilines is 3. The van der Waals surface area contributed by atoms with E-state index < -0.39 is 5.41 Å². The van der Waals surface area contributed by atoms with Gasteiger partial charge in [0, 0.05) is 20.7 Å². The lowest BCUT2D eigenvalue weighted by atomic mass is 9.64. The molecule has 7 rings (SSSR count). The van der Waals surface area contributed by atoms with Gasteiger partial charge in [0.15, 0.2) is 0 Å². The SMILES string of the molecule is Clc1ccc2c(c1)C1(c3ccccc3-c3c(Br)cccc31)c1ccccc1N2c1ccccc1. The monoisotopic (exact) mass is 519 g/mol. The van der Waals surface area contributed by atoms with Crippen molar-refractivity contribution in [3.8, 4) is 11.1 Å². The van der Waals surface area contributed by atoms with Crippen LogP contribution >= 0.6 is 27.5 Å². The fourth-order valence-electron chi connectivity index (χ4n) is 5.98. The Morgan fingerprint density at radius 1 is 0.588 bits per heavy atom. The van der Waals surface area contributed by atoms with Gasteiger partial charge >= 0.3 is 0 Å². The fourth-order valence-corrected chi connectivity index (χ4v) is 6.74. The molecule has 34 heavy (non-hydrogen) atoms. The van der Waals surface area contributed by atoms with E-state index in [0.29, 0.717) is 0 Å². The number of hydrogen-bond donors (Lipinski definition) is 0. The first-order valence-electron chi connectivity index (χ1n) is 11.3. The lowest BCUT2D eigenvalue weighted by molar-refractivity contribution is 0.752. The van der Waals surface area contributed by atoms with Crippen LogP contribution in [0.3, 0.4) is 0 Å². The number of nitrogens with zero attached hydrogens (tertiary/aromatic N) is 1. The summed E-state index contributed by atoms with van der Waals surface area (Å²) in [5.41, 5.74) is 10.6. The van der Waals surface area contributed by atoms with E-state index in [4.69, 9.17) is 11.6 Å². The fraction of sp³-hybridized carbons (Fsp3) is 0.0323. The highest BCUT2D eigenvalue weighted by Crippen LogP contribution is 2.64. The zero-order chi connectivity index (χ0) is 22.9. The number of fused-ring (bicyclic) bond motifs is 9. The summed E-state index contributed by atoms with van der Waals surface area (Å²) >= 11 is 10.6. The zero-order valence-electron chi connectivity index (χ0n) is 18.2. The van der Waals surface area contributed by atoms with Crippen molar-refractivity contribution in [2.24, 2.45) is 0 Å². The standard InChI is InChI=1S/C31H19BrClN/c32-27-15-8-14-25-30(27)22-11-4-5-12-23(22)31(25)24-13-6-7-16-28(24)34(21-9-2-1-3-10-21)29-18-17-20(33)19-26(29)31/h1-19H. The van der Waals surface area contributed by atoms with Crippen LogP contribution in [0.15, 0.2) is 120 Å². The van der Waals surface area contributed by atoms with E-state index in [9.17, 15) is 0 Å². The molecule has 1 heterocycles. The van der Waals surface area contributed by atoms with Gasteiger partial charge in [-0.15, -0.1) is 0 Å². The molecule has 162 valence electrons. The van der Waals surface area contributed by atoms with Crippen molar-refractivity contribution in [1.82, 2.24) is 0 Å². The van der Waals surface area contributed by atoms with E-state index in [-0.39, 0.29) is 0 Å². The summed E-state index contributed by atoms with van der Waals surface area (Å²) < 4.78 is 1.11. The molecule has 0 N–H and O–H groups in total. The lowest BCUT2D eigenvalue weighted by Crippen LogP contribution is -2.36. The Morgan fingerprint density at radius 3 is 2.12 bits per heavy atom. The number of rotatable bonds is 1. The van der Waals surface area contributed by atoms with Crippen LogP contribution in [0.25, 0.3) is 11.1 Å². The maximum Gasteiger partial charge on any atom is 0.0755 e. The van der Waals surface area contributed by atoms with Crippen LogP contribution in [0.5, 0.6) is 0 Å². The molecule has 1 spiro atoms. The van der Waals surface area contributed by atoms with Crippen LogP contribution in [0.2, 0.25) is 5.02 Å². The van der Waals surface area contributed by atoms with E-state index in [1.807, 2.05) is 6.07 Å². The van der Waals surface area contributed by atoms with E-state index in [1.165, 1.54) is 39.1 Å². The third kappa shape index (κ3) is 2.50.